The molecule has 0 atom stereocenters. The monoisotopic (exact) mass is 268 g/mol. The van der Waals surface area contributed by atoms with Crippen LogP contribution in [0.2, 0.25) is 0 Å². The minimum Gasteiger partial charge on any atom is -0.290 e. The van der Waals surface area contributed by atoms with Crippen molar-refractivity contribution >= 4 is 5.91 Å². The van der Waals surface area contributed by atoms with Gasteiger partial charge in [-0.3, -0.25) is 10.2 Å². The fourth-order valence-corrected chi connectivity index (χ4v) is 2.36. The Labute approximate surface area is 119 Å². The van der Waals surface area contributed by atoms with Crippen LogP contribution in [0.4, 0.5) is 0 Å². The lowest BCUT2D eigenvalue weighted by Crippen LogP contribution is -2.31. The van der Waals surface area contributed by atoms with Gasteiger partial charge in [0.25, 0.3) is 5.91 Å². The van der Waals surface area contributed by atoms with Gasteiger partial charge in [-0.2, -0.15) is 0 Å². The largest absolute Gasteiger partial charge is 0.290 e. The number of carbonyl (C=O) groups excluding carboxylic acids is 1. The Morgan fingerprint density at radius 3 is 2.20 bits per heavy atom. The third-order valence-corrected chi connectivity index (χ3v) is 3.31. The molecule has 3 heteroatoms. The molecule has 0 aliphatic heterocycles. The van der Waals surface area contributed by atoms with Crippen LogP contribution in [0.15, 0.2) is 48.5 Å². The van der Waals surface area contributed by atoms with Crippen molar-refractivity contribution in [2.45, 2.75) is 26.2 Å². The van der Waals surface area contributed by atoms with Gasteiger partial charge in [0.05, 0.1) is 0 Å². The molecule has 3 N–H and O–H groups in total. The first-order valence-corrected chi connectivity index (χ1v) is 6.65. The van der Waals surface area contributed by atoms with Crippen molar-refractivity contribution in [3.05, 3.63) is 59.7 Å². The summed E-state index contributed by atoms with van der Waals surface area (Å²) in [5.74, 6) is 5.04. The molecule has 0 saturated carbocycles. The summed E-state index contributed by atoms with van der Waals surface area (Å²) in [6, 6.07) is 15.7. The van der Waals surface area contributed by atoms with Gasteiger partial charge >= 0.3 is 0 Å². The van der Waals surface area contributed by atoms with Gasteiger partial charge < -0.3 is 0 Å². The first kappa shape index (κ1) is 14.3. The summed E-state index contributed by atoms with van der Waals surface area (Å²) in [7, 11) is 0. The Morgan fingerprint density at radius 1 is 1.00 bits per heavy atom. The highest BCUT2D eigenvalue weighted by Gasteiger charge is 2.23. The zero-order valence-electron chi connectivity index (χ0n) is 12.1. The lowest BCUT2D eigenvalue weighted by atomic mass is 9.80. The van der Waals surface area contributed by atoms with Gasteiger partial charge in [0.15, 0.2) is 0 Å². The highest BCUT2D eigenvalue weighted by molar-refractivity contribution is 6.01. The molecule has 0 spiro atoms. The Hall–Kier alpha value is -2.13. The van der Waals surface area contributed by atoms with E-state index in [0.717, 1.165) is 16.7 Å². The van der Waals surface area contributed by atoms with Crippen molar-refractivity contribution in [3.63, 3.8) is 0 Å². The smallest absolute Gasteiger partial charge is 0.265 e. The van der Waals surface area contributed by atoms with Crippen LogP contribution in [0.3, 0.4) is 0 Å². The van der Waals surface area contributed by atoms with E-state index in [9.17, 15) is 4.79 Å². The van der Waals surface area contributed by atoms with E-state index >= 15 is 0 Å². The maximum absolute atomic E-state index is 12.1. The van der Waals surface area contributed by atoms with Gasteiger partial charge in [-0.05, 0) is 28.2 Å². The number of amides is 1. The average molecular weight is 268 g/mol. The summed E-state index contributed by atoms with van der Waals surface area (Å²) in [5.41, 5.74) is 5.88. The maximum atomic E-state index is 12.1. The summed E-state index contributed by atoms with van der Waals surface area (Å²) in [5, 5.41) is 0. The van der Waals surface area contributed by atoms with Gasteiger partial charge in [-0.1, -0.05) is 63.2 Å². The fourth-order valence-electron chi connectivity index (χ4n) is 2.36. The van der Waals surface area contributed by atoms with E-state index in [0.29, 0.717) is 5.56 Å². The van der Waals surface area contributed by atoms with E-state index in [1.54, 1.807) is 6.07 Å². The van der Waals surface area contributed by atoms with Crippen LogP contribution in [0, 0.1) is 0 Å². The number of carbonyl (C=O) groups is 1. The maximum Gasteiger partial charge on any atom is 0.265 e. The van der Waals surface area contributed by atoms with Crippen molar-refractivity contribution in [3.8, 4) is 11.1 Å². The number of nitrogen functional groups attached to an aromatic ring is 1. The molecule has 104 valence electrons. The molecule has 0 aromatic heterocycles. The minimum absolute atomic E-state index is 0.0595. The molecule has 0 radical (unpaired) electrons. The summed E-state index contributed by atoms with van der Waals surface area (Å²) >= 11 is 0. The molecule has 0 saturated heterocycles. The Balaban J connectivity index is 2.76. The molecule has 3 nitrogen and oxygen atoms in total. The summed E-state index contributed by atoms with van der Waals surface area (Å²) < 4.78 is 0. The topological polar surface area (TPSA) is 55.1 Å². The van der Waals surface area contributed by atoms with E-state index in [4.69, 9.17) is 5.84 Å². The van der Waals surface area contributed by atoms with E-state index < -0.39 is 0 Å². The Kier molecular flexibility index (Phi) is 3.91. The van der Waals surface area contributed by atoms with Crippen LogP contribution in [0.25, 0.3) is 11.1 Å². The van der Waals surface area contributed by atoms with E-state index in [2.05, 4.69) is 32.3 Å². The zero-order chi connectivity index (χ0) is 14.8. The zero-order valence-corrected chi connectivity index (χ0v) is 12.1. The molecule has 2 aromatic carbocycles. The van der Waals surface area contributed by atoms with E-state index in [1.165, 1.54) is 0 Å². The van der Waals surface area contributed by atoms with Crippen molar-refractivity contribution in [2.75, 3.05) is 0 Å². The fraction of sp³-hybridized carbons (Fsp3) is 0.235. The van der Waals surface area contributed by atoms with Gasteiger partial charge in [0.2, 0.25) is 0 Å². The number of hydrogen-bond acceptors (Lipinski definition) is 2. The second kappa shape index (κ2) is 5.47. The normalized spacial score (nSPS) is 11.2. The van der Waals surface area contributed by atoms with Gasteiger partial charge in [0.1, 0.15) is 0 Å². The molecule has 0 aliphatic rings. The van der Waals surface area contributed by atoms with Crippen LogP contribution in [0.1, 0.15) is 36.7 Å². The van der Waals surface area contributed by atoms with Gasteiger partial charge in [-0.25, -0.2) is 5.84 Å². The molecule has 2 rings (SSSR count). The van der Waals surface area contributed by atoms with Crippen molar-refractivity contribution in [1.82, 2.24) is 5.43 Å². The number of hydrogen-bond donors (Lipinski definition) is 2. The molecular formula is C17H20N2O. The van der Waals surface area contributed by atoms with Crippen LogP contribution in [0.5, 0.6) is 0 Å². The molecule has 0 heterocycles. The van der Waals surface area contributed by atoms with Gasteiger partial charge in [-0.15, -0.1) is 0 Å². The molecule has 0 bridgehead atoms. The number of rotatable bonds is 2. The molecule has 0 aliphatic carbocycles. The average Bonchev–Trinajstić information content (AvgIpc) is 2.45. The highest BCUT2D eigenvalue weighted by atomic mass is 16.2. The van der Waals surface area contributed by atoms with Crippen LogP contribution < -0.4 is 11.3 Å². The third kappa shape index (κ3) is 2.73. The standard InChI is InChI=1S/C17H20N2O/c1-17(2,3)14-11-7-10-13(16(20)19-18)15(14)12-8-5-4-6-9-12/h4-11H,18H2,1-3H3,(H,19,20). The first-order chi connectivity index (χ1) is 9.45. The summed E-state index contributed by atoms with van der Waals surface area (Å²) in [6.45, 7) is 6.41. The van der Waals surface area contributed by atoms with Gasteiger partial charge in [0, 0.05) is 5.56 Å². The van der Waals surface area contributed by atoms with E-state index in [-0.39, 0.29) is 11.3 Å². The van der Waals surface area contributed by atoms with Crippen molar-refractivity contribution in [1.29, 1.82) is 0 Å². The van der Waals surface area contributed by atoms with Crippen molar-refractivity contribution < 1.29 is 4.79 Å². The lowest BCUT2D eigenvalue weighted by Gasteiger charge is -2.25. The molecule has 2 aromatic rings. The Morgan fingerprint density at radius 2 is 1.65 bits per heavy atom. The number of hydrazine groups is 1. The second-order valence-corrected chi connectivity index (χ2v) is 5.82. The third-order valence-electron chi connectivity index (χ3n) is 3.31. The quantitative estimate of drug-likeness (QED) is 0.499. The predicted molar refractivity (Wildman–Crippen MR) is 82.2 cm³/mol. The lowest BCUT2D eigenvalue weighted by molar-refractivity contribution is 0.0954. The molecule has 0 unspecified atom stereocenters. The SMILES string of the molecule is CC(C)(C)c1cccc(C(=O)NN)c1-c1ccccc1. The number of nitrogens with one attached hydrogen (secondary N) is 1. The molecule has 20 heavy (non-hydrogen) atoms. The minimum atomic E-state index is -0.269. The summed E-state index contributed by atoms with van der Waals surface area (Å²) in [6.07, 6.45) is 0. The van der Waals surface area contributed by atoms with Crippen LogP contribution >= 0.6 is 0 Å². The molecular weight excluding hydrogens is 248 g/mol. The van der Waals surface area contributed by atoms with E-state index in [1.807, 2.05) is 36.4 Å². The number of nitrogens with two attached hydrogens (primary N) is 1. The molecule has 0 fully saturated rings. The highest BCUT2D eigenvalue weighted by Crippen LogP contribution is 2.35. The summed E-state index contributed by atoms with van der Waals surface area (Å²) in [4.78, 5) is 12.1. The van der Waals surface area contributed by atoms with Crippen LogP contribution in [-0.2, 0) is 5.41 Å². The molecule has 1 amide bonds. The first-order valence-electron chi connectivity index (χ1n) is 6.65. The van der Waals surface area contributed by atoms with Crippen molar-refractivity contribution in [2.24, 2.45) is 5.84 Å². The predicted octanol–water partition coefficient (Wildman–Crippen LogP) is 3.25. The number of benzene rings is 2. The second-order valence-electron chi connectivity index (χ2n) is 5.82. The van der Waals surface area contributed by atoms with Crippen LogP contribution in [-0.4, -0.2) is 5.91 Å². The Bertz CT molecular complexity index is 613.